The highest BCUT2D eigenvalue weighted by molar-refractivity contribution is 7.89. The number of hydrogen-bond acceptors (Lipinski definition) is 4. The molecule has 0 saturated carbocycles. The van der Waals surface area contributed by atoms with Gasteiger partial charge in [-0.1, -0.05) is 55.5 Å². The van der Waals surface area contributed by atoms with Crippen molar-refractivity contribution in [1.82, 2.24) is 14.5 Å². The number of carbonyl (C=O) groups excluding carboxylic acids is 2. The minimum absolute atomic E-state index is 0.0410. The Morgan fingerprint density at radius 2 is 1.62 bits per heavy atom. The van der Waals surface area contributed by atoms with E-state index in [-0.39, 0.29) is 37.0 Å². The SMILES string of the molecule is CCC(=O)N1CCN(S(=O)(=O)c2ccccc2)C(C(=O)NCc2ccccc2)C1. The predicted molar refractivity (Wildman–Crippen MR) is 109 cm³/mol. The minimum atomic E-state index is -3.86. The molecule has 2 aromatic carbocycles. The van der Waals surface area contributed by atoms with Gasteiger partial charge in [0.1, 0.15) is 6.04 Å². The van der Waals surface area contributed by atoms with E-state index in [0.717, 1.165) is 5.56 Å². The van der Waals surface area contributed by atoms with Crippen molar-refractivity contribution in [3.63, 3.8) is 0 Å². The van der Waals surface area contributed by atoms with Crippen LogP contribution in [-0.2, 0) is 26.2 Å². The molecule has 0 aromatic heterocycles. The van der Waals surface area contributed by atoms with Crippen LogP contribution in [0.25, 0.3) is 0 Å². The molecule has 2 amide bonds. The first-order chi connectivity index (χ1) is 13.9. The molecular formula is C21H25N3O4S. The van der Waals surface area contributed by atoms with Crippen molar-refractivity contribution >= 4 is 21.8 Å². The second-order valence-corrected chi connectivity index (χ2v) is 8.73. The normalized spacial score (nSPS) is 17.7. The van der Waals surface area contributed by atoms with Crippen LogP contribution in [0.1, 0.15) is 18.9 Å². The zero-order chi connectivity index (χ0) is 20.9. The lowest BCUT2D eigenvalue weighted by Gasteiger charge is -2.39. The van der Waals surface area contributed by atoms with Crippen molar-refractivity contribution in [1.29, 1.82) is 0 Å². The number of benzene rings is 2. The fourth-order valence-corrected chi connectivity index (χ4v) is 4.94. The van der Waals surface area contributed by atoms with E-state index in [0.29, 0.717) is 6.42 Å². The van der Waals surface area contributed by atoms with Gasteiger partial charge in [0.05, 0.1) is 4.90 Å². The van der Waals surface area contributed by atoms with Crippen LogP contribution in [-0.4, -0.2) is 55.1 Å². The topological polar surface area (TPSA) is 86.8 Å². The summed E-state index contributed by atoms with van der Waals surface area (Å²) >= 11 is 0. The summed E-state index contributed by atoms with van der Waals surface area (Å²) < 4.78 is 27.5. The number of nitrogens with one attached hydrogen (secondary N) is 1. The van der Waals surface area contributed by atoms with Gasteiger partial charge in [-0.2, -0.15) is 4.31 Å². The van der Waals surface area contributed by atoms with Gasteiger partial charge < -0.3 is 10.2 Å². The number of hydrogen-bond donors (Lipinski definition) is 1. The van der Waals surface area contributed by atoms with E-state index in [1.807, 2.05) is 30.3 Å². The zero-order valence-corrected chi connectivity index (χ0v) is 17.1. The Bertz CT molecular complexity index is 948. The van der Waals surface area contributed by atoms with Crippen molar-refractivity contribution < 1.29 is 18.0 Å². The standard InChI is InChI=1S/C21H25N3O4S/c1-2-20(25)23-13-14-24(29(27,28)18-11-7-4-8-12-18)19(16-23)21(26)22-15-17-9-5-3-6-10-17/h3-12,19H,2,13-16H2,1H3,(H,22,26). The van der Waals surface area contributed by atoms with Crippen molar-refractivity contribution in [2.45, 2.75) is 30.8 Å². The second kappa shape index (κ2) is 9.19. The first kappa shape index (κ1) is 21.0. The van der Waals surface area contributed by atoms with E-state index < -0.39 is 22.0 Å². The van der Waals surface area contributed by atoms with Gasteiger partial charge >= 0.3 is 0 Å². The van der Waals surface area contributed by atoms with Crippen LogP contribution in [0, 0.1) is 0 Å². The quantitative estimate of drug-likeness (QED) is 0.777. The predicted octanol–water partition coefficient (Wildman–Crippen LogP) is 1.61. The molecular weight excluding hydrogens is 390 g/mol. The van der Waals surface area contributed by atoms with Crippen LogP contribution in [0.15, 0.2) is 65.6 Å². The summed E-state index contributed by atoms with van der Waals surface area (Å²) in [5, 5.41) is 2.82. The van der Waals surface area contributed by atoms with Gasteiger partial charge in [0.2, 0.25) is 21.8 Å². The molecule has 8 heteroatoms. The Labute approximate surface area is 171 Å². The van der Waals surface area contributed by atoms with Crippen LogP contribution in [0.4, 0.5) is 0 Å². The number of nitrogens with zero attached hydrogens (tertiary/aromatic N) is 2. The van der Waals surface area contributed by atoms with Gasteiger partial charge in [0.25, 0.3) is 0 Å². The molecule has 1 aliphatic rings. The minimum Gasteiger partial charge on any atom is -0.351 e. The Morgan fingerprint density at radius 1 is 1.00 bits per heavy atom. The lowest BCUT2D eigenvalue weighted by molar-refractivity contribution is -0.135. The Morgan fingerprint density at radius 3 is 2.24 bits per heavy atom. The van der Waals surface area contributed by atoms with Crippen LogP contribution in [0.2, 0.25) is 0 Å². The van der Waals surface area contributed by atoms with Crippen molar-refractivity contribution in [3.05, 3.63) is 66.2 Å². The Hall–Kier alpha value is -2.71. The molecule has 1 aliphatic heterocycles. The Balaban J connectivity index is 1.83. The summed E-state index contributed by atoms with van der Waals surface area (Å²) in [4.78, 5) is 26.8. The molecule has 1 heterocycles. The monoisotopic (exact) mass is 415 g/mol. The molecule has 1 atom stereocenters. The molecule has 7 nitrogen and oxygen atoms in total. The molecule has 154 valence electrons. The van der Waals surface area contributed by atoms with Crippen LogP contribution in [0.3, 0.4) is 0 Å². The maximum Gasteiger partial charge on any atom is 0.243 e. The third kappa shape index (κ3) is 4.83. The maximum absolute atomic E-state index is 13.2. The fraction of sp³-hybridized carbons (Fsp3) is 0.333. The molecule has 1 unspecified atom stereocenters. The summed E-state index contributed by atoms with van der Waals surface area (Å²) in [5.41, 5.74) is 0.913. The molecule has 0 spiro atoms. The summed E-state index contributed by atoms with van der Waals surface area (Å²) in [5.74, 6) is -0.510. The highest BCUT2D eigenvalue weighted by Crippen LogP contribution is 2.22. The van der Waals surface area contributed by atoms with E-state index in [4.69, 9.17) is 0 Å². The summed E-state index contributed by atoms with van der Waals surface area (Å²) in [7, 11) is -3.86. The van der Waals surface area contributed by atoms with Crippen LogP contribution >= 0.6 is 0 Å². The van der Waals surface area contributed by atoms with E-state index in [1.165, 1.54) is 16.4 Å². The lowest BCUT2D eigenvalue weighted by Crippen LogP contribution is -2.61. The van der Waals surface area contributed by atoms with Crippen LogP contribution < -0.4 is 5.32 Å². The van der Waals surface area contributed by atoms with E-state index in [1.54, 1.807) is 30.0 Å². The van der Waals surface area contributed by atoms with E-state index in [2.05, 4.69) is 5.32 Å². The summed E-state index contributed by atoms with van der Waals surface area (Å²) in [6, 6.07) is 16.5. The number of amides is 2. The molecule has 2 aromatic rings. The number of sulfonamides is 1. The summed E-state index contributed by atoms with van der Waals surface area (Å²) in [6.07, 6.45) is 0.309. The lowest BCUT2D eigenvalue weighted by atomic mass is 10.1. The molecule has 0 aliphatic carbocycles. The van der Waals surface area contributed by atoms with Gasteiger partial charge in [-0.05, 0) is 17.7 Å². The van der Waals surface area contributed by atoms with Gasteiger partial charge in [0.15, 0.2) is 0 Å². The van der Waals surface area contributed by atoms with Gasteiger partial charge in [-0.15, -0.1) is 0 Å². The highest BCUT2D eigenvalue weighted by atomic mass is 32.2. The zero-order valence-electron chi connectivity index (χ0n) is 16.3. The van der Waals surface area contributed by atoms with Gasteiger partial charge in [-0.25, -0.2) is 8.42 Å². The molecule has 29 heavy (non-hydrogen) atoms. The first-order valence-corrected chi connectivity index (χ1v) is 11.0. The van der Waals surface area contributed by atoms with Crippen molar-refractivity contribution in [2.24, 2.45) is 0 Å². The summed E-state index contributed by atoms with van der Waals surface area (Å²) in [6.45, 7) is 2.42. The van der Waals surface area contributed by atoms with E-state index in [9.17, 15) is 18.0 Å². The molecule has 1 fully saturated rings. The molecule has 1 N–H and O–H groups in total. The Kier molecular flexibility index (Phi) is 6.66. The first-order valence-electron chi connectivity index (χ1n) is 9.59. The molecule has 1 saturated heterocycles. The largest absolute Gasteiger partial charge is 0.351 e. The third-order valence-corrected chi connectivity index (χ3v) is 6.87. The van der Waals surface area contributed by atoms with Crippen LogP contribution in [0.5, 0.6) is 0 Å². The van der Waals surface area contributed by atoms with Gasteiger partial charge in [-0.3, -0.25) is 9.59 Å². The maximum atomic E-state index is 13.2. The third-order valence-electron chi connectivity index (χ3n) is 4.95. The second-order valence-electron chi connectivity index (χ2n) is 6.84. The molecule has 0 bridgehead atoms. The van der Waals surface area contributed by atoms with Gasteiger partial charge in [0, 0.05) is 32.6 Å². The van der Waals surface area contributed by atoms with Crippen molar-refractivity contribution in [3.8, 4) is 0 Å². The molecule has 0 radical (unpaired) electrons. The number of carbonyl (C=O) groups is 2. The fourth-order valence-electron chi connectivity index (χ4n) is 3.35. The highest BCUT2D eigenvalue weighted by Gasteiger charge is 2.40. The number of piperazine rings is 1. The molecule has 3 rings (SSSR count). The smallest absolute Gasteiger partial charge is 0.243 e. The van der Waals surface area contributed by atoms with E-state index >= 15 is 0 Å². The average molecular weight is 416 g/mol. The average Bonchev–Trinajstić information content (AvgIpc) is 2.77. The number of rotatable bonds is 6. The van der Waals surface area contributed by atoms with Crippen molar-refractivity contribution in [2.75, 3.05) is 19.6 Å².